The fourth-order valence-corrected chi connectivity index (χ4v) is 4.05. The number of thiophene rings is 1. The van der Waals surface area contributed by atoms with Crippen molar-refractivity contribution in [3.63, 3.8) is 0 Å². The predicted molar refractivity (Wildman–Crippen MR) is 98.9 cm³/mol. The number of likely N-dealkylation sites (tertiary alicyclic amines) is 1. The molecule has 2 aliphatic heterocycles. The summed E-state index contributed by atoms with van der Waals surface area (Å²) in [7, 11) is 0. The summed E-state index contributed by atoms with van der Waals surface area (Å²) in [6, 6.07) is 9.47. The van der Waals surface area contributed by atoms with Crippen LogP contribution < -0.4 is 14.8 Å². The van der Waals surface area contributed by atoms with Crippen LogP contribution in [0, 0.1) is 0 Å². The number of ether oxygens (including phenoxy) is 2. The lowest BCUT2D eigenvalue weighted by Gasteiger charge is -2.18. The number of benzene rings is 1. The number of hydrogen-bond acceptors (Lipinski definition) is 5. The van der Waals surface area contributed by atoms with E-state index >= 15 is 0 Å². The Morgan fingerprint density at radius 1 is 1.04 bits per heavy atom. The Morgan fingerprint density at radius 3 is 2.62 bits per heavy atom. The average molecular weight is 372 g/mol. The smallest absolute Gasteiger partial charge is 0.261 e. The minimum absolute atomic E-state index is 0.0144. The Labute approximate surface area is 155 Å². The normalized spacial score (nSPS) is 15.8. The molecule has 0 saturated carbocycles. The van der Waals surface area contributed by atoms with Crippen LogP contribution in [-0.4, -0.2) is 49.6 Å². The van der Waals surface area contributed by atoms with E-state index in [4.69, 9.17) is 9.47 Å². The number of nitrogens with one attached hydrogen (secondary N) is 1. The van der Waals surface area contributed by atoms with E-state index in [2.05, 4.69) is 5.32 Å². The summed E-state index contributed by atoms with van der Waals surface area (Å²) in [6.45, 7) is 2.74. The van der Waals surface area contributed by atoms with E-state index in [-0.39, 0.29) is 18.4 Å². The van der Waals surface area contributed by atoms with Gasteiger partial charge in [-0.25, -0.2) is 0 Å². The maximum Gasteiger partial charge on any atom is 0.261 e. The Balaban J connectivity index is 1.40. The lowest BCUT2D eigenvalue weighted by molar-refractivity contribution is -0.129. The summed E-state index contributed by atoms with van der Waals surface area (Å²) in [5.41, 5.74) is 0.978. The SMILES string of the molecule is O=C(NCC(=O)N1CCCC1)c1ccc(-c2ccc3c(c2)OCCO3)s1. The standard InChI is InChI=1S/C19H20N2O4S/c22-18(21-7-1-2-8-21)12-20-19(23)17-6-5-16(26-17)13-3-4-14-15(11-13)25-10-9-24-14/h3-6,11H,1-2,7-10,12H2,(H,20,23). The molecule has 0 unspecified atom stereocenters. The van der Waals surface area contributed by atoms with E-state index < -0.39 is 0 Å². The topological polar surface area (TPSA) is 67.9 Å². The quantitative estimate of drug-likeness (QED) is 0.896. The minimum Gasteiger partial charge on any atom is -0.486 e. The van der Waals surface area contributed by atoms with E-state index in [1.165, 1.54) is 11.3 Å². The number of rotatable bonds is 4. The number of hydrogen-bond donors (Lipinski definition) is 1. The van der Waals surface area contributed by atoms with Gasteiger partial charge in [-0.1, -0.05) is 0 Å². The van der Waals surface area contributed by atoms with Gasteiger partial charge in [0.15, 0.2) is 11.5 Å². The second-order valence-electron chi connectivity index (χ2n) is 6.29. The first kappa shape index (κ1) is 16.9. The van der Waals surface area contributed by atoms with E-state index in [1.54, 1.807) is 11.0 Å². The van der Waals surface area contributed by atoms with Crippen molar-refractivity contribution in [2.24, 2.45) is 0 Å². The van der Waals surface area contributed by atoms with Gasteiger partial charge in [0, 0.05) is 18.0 Å². The van der Waals surface area contributed by atoms with E-state index in [0.29, 0.717) is 18.1 Å². The van der Waals surface area contributed by atoms with E-state index in [1.807, 2.05) is 24.3 Å². The zero-order chi connectivity index (χ0) is 17.9. The first-order valence-electron chi connectivity index (χ1n) is 8.76. The Bertz CT molecular complexity index is 827. The molecule has 0 bridgehead atoms. The maximum absolute atomic E-state index is 12.3. The molecule has 2 aromatic rings. The first-order chi connectivity index (χ1) is 12.7. The maximum atomic E-state index is 12.3. The van der Waals surface area contributed by atoms with Crippen LogP contribution in [0.3, 0.4) is 0 Å². The van der Waals surface area contributed by atoms with Crippen LogP contribution in [0.4, 0.5) is 0 Å². The highest BCUT2D eigenvalue weighted by atomic mass is 32.1. The van der Waals surface area contributed by atoms with Gasteiger partial charge in [-0.05, 0) is 48.7 Å². The van der Waals surface area contributed by atoms with Crippen molar-refractivity contribution < 1.29 is 19.1 Å². The number of amides is 2. The van der Waals surface area contributed by atoms with Crippen molar-refractivity contribution in [1.29, 1.82) is 0 Å². The summed E-state index contributed by atoms with van der Waals surface area (Å²) in [5, 5.41) is 2.73. The Morgan fingerprint density at radius 2 is 1.81 bits per heavy atom. The summed E-state index contributed by atoms with van der Waals surface area (Å²) in [4.78, 5) is 27.7. The second kappa shape index (κ2) is 7.37. The summed E-state index contributed by atoms with van der Waals surface area (Å²) in [6.07, 6.45) is 2.09. The van der Waals surface area contributed by atoms with Crippen molar-refractivity contribution in [2.75, 3.05) is 32.8 Å². The zero-order valence-electron chi connectivity index (χ0n) is 14.3. The molecule has 26 heavy (non-hydrogen) atoms. The number of fused-ring (bicyclic) bond motifs is 1. The van der Waals surface area contributed by atoms with Crippen LogP contribution in [0.25, 0.3) is 10.4 Å². The molecule has 1 N–H and O–H groups in total. The molecule has 0 atom stereocenters. The summed E-state index contributed by atoms with van der Waals surface area (Å²) >= 11 is 1.40. The van der Waals surface area contributed by atoms with Crippen LogP contribution in [0.1, 0.15) is 22.5 Å². The largest absolute Gasteiger partial charge is 0.486 e. The molecular weight excluding hydrogens is 352 g/mol. The molecule has 1 saturated heterocycles. The molecule has 1 fully saturated rings. The van der Waals surface area contributed by atoms with Crippen LogP contribution in [0.15, 0.2) is 30.3 Å². The van der Waals surface area contributed by atoms with Crippen LogP contribution >= 0.6 is 11.3 Å². The predicted octanol–water partition coefficient (Wildman–Crippen LogP) is 2.54. The molecule has 1 aromatic heterocycles. The Hall–Kier alpha value is -2.54. The van der Waals surface area contributed by atoms with Gasteiger partial charge in [0.05, 0.1) is 11.4 Å². The van der Waals surface area contributed by atoms with Crippen LogP contribution in [0.2, 0.25) is 0 Å². The summed E-state index contributed by atoms with van der Waals surface area (Å²) in [5.74, 6) is 1.24. The molecule has 0 spiro atoms. The van der Waals surface area contributed by atoms with Gasteiger partial charge in [0.25, 0.3) is 5.91 Å². The molecule has 1 aromatic carbocycles. The Kier molecular flexibility index (Phi) is 4.79. The van der Waals surface area contributed by atoms with E-state index in [0.717, 1.165) is 47.9 Å². The third-order valence-electron chi connectivity index (χ3n) is 4.52. The van der Waals surface area contributed by atoms with Gasteiger partial charge in [-0.3, -0.25) is 9.59 Å². The van der Waals surface area contributed by atoms with Gasteiger partial charge in [-0.2, -0.15) is 0 Å². The minimum atomic E-state index is -0.216. The van der Waals surface area contributed by atoms with Crippen molar-refractivity contribution >= 4 is 23.2 Å². The van der Waals surface area contributed by atoms with Gasteiger partial charge >= 0.3 is 0 Å². The third kappa shape index (κ3) is 3.53. The highest BCUT2D eigenvalue weighted by Gasteiger charge is 2.19. The van der Waals surface area contributed by atoms with Crippen molar-refractivity contribution in [3.8, 4) is 21.9 Å². The number of nitrogens with zero attached hydrogens (tertiary/aromatic N) is 1. The summed E-state index contributed by atoms with van der Waals surface area (Å²) < 4.78 is 11.1. The lowest BCUT2D eigenvalue weighted by Crippen LogP contribution is -2.38. The van der Waals surface area contributed by atoms with Gasteiger partial charge in [-0.15, -0.1) is 11.3 Å². The van der Waals surface area contributed by atoms with Crippen molar-refractivity contribution in [3.05, 3.63) is 35.2 Å². The van der Waals surface area contributed by atoms with Crippen LogP contribution in [0.5, 0.6) is 11.5 Å². The van der Waals surface area contributed by atoms with Crippen LogP contribution in [-0.2, 0) is 4.79 Å². The first-order valence-corrected chi connectivity index (χ1v) is 9.58. The van der Waals surface area contributed by atoms with Gasteiger partial charge in [0.2, 0.25) is 5.91 Å². The third-order valence-corrected chi connectivity index (χ3v) is 5.65. The molecule has 0 radical (unpaired) electrons. The fourth-order valence-electron chi connectivity index (χ4n) is 3.13. The fraction of sp³-hybridized carbons (Fsp3) is 0.368. The number of carbonyl (C=O) groups excluding carboxylic acids is 2. The molecule has 3 heterocycles. The second-order valence-corrected chi connectivity index (χ2v) is 7.38. The molecule has 4 rings (SSSR count). The average Bonchev–Trinajstić information content (AvgIpc) is 3.37. The monoisotopic (exact) mass is 372 g/mol. The molecular formula is C19H20N2O4S. The number of carbonyl (C=O) groups is 2. The van der Waals surface area contributed by atoms with Crippen molar-refractivity contribution in [1.82, 2.24) is 10.2 Å². The molecule has 7 heteroatoms. The highest BCUT2D eigenvalue weighted by molar-refractivity contribution is 7.17. The van der Waals surface area contributed by atoms with E-state index in [9.17, 15) is 9.59 Å². The molecule has 136 valence electrons. The van der Waals surface area contributed by atoms with Gasteiger partial charge in [0.1, 0.15) is 13.2 Å². The van der Waals surface area contributed by atoms with Crippen molar-refractivity contribution in [2.45, 2.75) is 12.8 Å². The van der Waals surface area contributed by atoms with Gasteiger partial charge < -0.3 is 19.7 Å². The lowest BCUT2D eigenvalue weighted by atomic mass is 10.1. The molecule has 2 amide bonds. The zero-order valence-corrected chi connectivity index (χ0v) is 15.1. The molecule has 2 aliphatic rings. The molecule has 0 aliphatic carbocycles. The highest BCUT2D eigenvalue weighted by Crippen LogP contribution is 2.36. The molecule has 6 nitrogen and oxygen atoms in total.